The highest BCUT2D eigenvalue weighted by Gasteiger charge is 2.48. The molecule has 2 aromatic rings. The van der Waals surface area contributed by atoms with E-state index in [1.54, 1.807) is 0 Å². The number of hydrogen-bond acceptors (Lipinski definition) is 2. The maximum atomic E-state index is 6.42. The van der Waals surface area contributed by atoms with Crippen LogP contribution in [-0.2, 0) is 21.3 Å². The van der Waals surface area contributed by atoms with Crippen molar-refractivity contribution >= 4 is 50.0 Å². The minimum atomic E-state index is -0.517. The highest BCUT2D eigenvalue weighted by Crippen LogP contribution is 2.50. The Kier molecular flexibility index (Phi) is 3.38. The topological polar surface area (TPSA) is 34.2 Å². The van der Waals surface area contributed by atoms with Crippen molar-refractivity contribution in [2.45, 2.75) is 37.9 Å². The van der Waals surface area contributed by atoms with E-state index in [-0.39, 0.29) is 5.41 Å². The number of nitrogens with one attached hydrogen (secondary N) is 1. The van der Waals surface area contributed by atoms with Gasteiger partial charge in [-0.05, 0) is 11.6 Å². The van der Waals surface area contributed by atoms with Gasteiger partial charge in [0.15, 0.2) is 5.79 Å². The Balaban J connectivity index is 2.01. The fraction of sp³-hybridized carbons (Fsp3) is 0.500. The lowest BCUT2D eigenvalue weighted by Gasteiger charge is -2.40. The lowest BCUT2D eigenvalue weighted by Crippen LogP contribution is -2.44. The van der Waals surface area contributed by atoms with Crippen molar-refractivity contribution in [3.8, 4) is 0 Å². The quantitative estimate of drug-likeness (QED) is 0.612. The minimum Gasteiger partial charge on any atom is -0.356 e. The molecule has 0 atom stereocenters. The number of benzene rings is 1. The van der Waals surface area contributed by atoms with Crippen molar-refractivity contribution < 1.29 is 9.47 Å². The van der Waals surface area contributed by atoms with Gasteiger partial charge in [0.05, 0.1) is 28.8 Å². The molecule has 4 rings (SSSR count). The first-order valence-electron chi connectivity index (χ1n) is 7.29. The van der Waals surface area contributed by atoms with Gasteiger partial charge >= 0.3 is 0 Å². The van der Waals surface area contributed by atoms with Crippen molar-refractivity contribution in [2.24, 2.45) is 0 Å². The smallest absolute Gasteiger partial charge is 0.173 e. The van der Waals surface area contributed by atoms with Gasteiger partial charge in [0.1, 0.15) is 0 Å². The minimum absolute atomic E-state index is 0.0911. The summed E-state index contributed by atoms with van der Waals surface area (Å²) in [6.45, 7) is 5.72. The van der Waals surface area contributed by atoms with Gasteiger partial charge in [-0.1, -0.05) is 53.0 Å². The van der Waals surface area contributed by atoms with Crippen LogP contribution < -0.4 is 0 Å². The summed E-state index contributed by atoms with van der Waals surface area (Å²) < 4.78 is 12.9. The first kappa shape index (κ1) is 15.3. The van der Waals surface area contributed by atoms with Crippen LogP contribution in [0, 0.1) is 0 Å². The van der Waals surface area contributed by atoms with Gasteiger partial charge in [0.2, 0.25) is 0 Å². The Labute approximate surface area is 147 Å². The maximum Gasteiger partial charge on any atom is 0.173 e. The first-order valence-corrected chi connectivity index (χ1v) is 8.84. The molecule has 22 heavy (non-hydrogen) atoms. The molecule has 1 spiro atoms. The van der Waals surface area contributed by atoms with Crippen LogP contribution in [0.1, 0.15) is 31.5 Å². The fourth-order valence-electron chi connectivity index (χ4n) is 3.88. The molecule has 1 aliphatic heterocycles. The van der Waals surface area contributed by atoms with Crippen LogP contribution in [0.4, 0.5) is 0 Å². The molecule has 1 aliphatic carbocycles. The highest BCUT2D eigenvalue weighted by atomic mass is 79.9. The molecule has 2 aliphatic rings. The van der Waals surface area contributed by atoms with Crippen LogP contribution in [0.2, 0.25) is 10.0 Å². The molecule has 0 unspecified atom stereocenters. The molecule has 1 N–H and O–H groups in total. The van der Waals surface area contributed by atoms with Gasteiger partial charge in [-0.2, -0.15) is 0 Å². The second-order valence-corrected chi connectivity index (χ2v) is 8.37. The Bertz CT molecular complexity index is 778. The van der Waals surface area contributed by atoms with E-state index in [1.165, 1.54) is 11.3 Å². The third-order valence-corrected chi connectivity index (χ3v) is 6.09. The molecular formula is C16H16BrCl2NO2. The molecule has 6 heteroatoms. The van der Waals surface area contributed by atoms with E-state index in [0.29, 0.717) is 23.3 Å². The zero-order chi connectivity index (χ0) is 15.7. The van der Waals surface area contributed by atoms with Gasteiger partial charge in [-0.25, -0.2) is 0 Å². The fourth-order valence-corrected chi connectivity index (χ4v) is 5.08. The number of H-pyrrole nitrogens is 1. The van der Waals surface area contributed by atoms with E-state index in [2.05, 4.69) is 34.8 Å². The number of aromatic amines is 1. The predicted molar refractivity (Wildman–Crippen MR) is 92.0 cm³/mol. The maximum absolute atomic E-state index is 6.42. The molecule has 0 bridgehead atoms. The molecule has 0 amide bonds. The molecule has 1 aromatic carbocycles. The number of rotatable bonds is 0. The highest BCUT2D eigenvalue weighted by molar-refractivity contribution is 9.10. The average molecular weight is 405 g/mol. The summed E-state index contributed by atoms with van der Waals surface area (Å²) in [6, 6.07) is 1.85. The average Bonchev–Trinajstić information content (AvgIpc) is 3.01. The lowest BCUT2D eigenvalue weighted by molar-refractivity contribution is -0.175. The third kappa shape index (κ3) is 2.08. The van der Waals surface area contributed by atoms with Crippen LogP contribution in [0.5, 0.6) is 0 Å². The van der Waals surface area contributed by atoms with E-state index in [0.717, 1.165) is 28.2 Å². The third-order valence-electron chi connectivity index (χ3n) is 4.67. The number of fused-ring (bicyclic) bond motifs is 3. The van der Waals surface area contributed by atoms with Gasteiger partial charge < -0.3 is 14.5 Å². The summed E-state index contributed by atoms with van der Waals surface area (Å²) >= 11 is 16.3. The molecular weight excluding hydrogens is 389 g/mol. The number of aromatic nitrogens is 1. The van der Waals surface area contributed by atoms with Gasteiger partial charge in [-0.15, -0.1) is 0 Å². The summed E-state index contributed by atoms with van der Waals surface area (Å²) in [5, 5.41) is 2.18. The second-order valence-electron chi connectivity index (χ2n) is 6.73. The van der Waals surface area contributed by atoms with E-state index in [1.807, 2.05) is 6.07 Å². The molecule has 2 heterocycles. The summed E-state index contributed by atoms with van der Waals surface area (Å²) in [5.41, 5.74) is 3.19. The molecule has 118 valence electrons. The summed E-state index contributed by atoms with van der Waals surface area (Å²) in [7, 11) is 0. The predicted octanol–water partition coefficient (Wildman–Crippen LogP) is 5.20. The second kappa shape index (κ2) is 4.87. The molecule has 1 aromatic heterocycles. The van der Waals surface area contributed by atoms with E-state index in [9.17, 15) is 0 Å². The first-order chi connectivity index (χ1) is 10.3. The van der Waals surface area contributed by atoms with Crippen LogP contribution >= 0.6 is 39.1 Å². The van der Waals surface area contributed by atoms with Gasteiger partial charge in [0.25, 0.3) is 0 Å². The van der Waals surface area contributed by atoms with E-state index in [4.69, 9.17) is 32.7 Å². The van der Waals surface area contributed by atoms with Gasteiger partial charge in [-0.3, -0.25) is 0 Å². The zero-order valence-electron chi connectivity index (χ0n) is 12.4. The molecule has 0 saturated carbocycles. The van der Waals surface area contributed by atoms with Crippen molar-refractivity contribution in [1.82, 2.24) is 4.98 Å². The molecule has 1 fully saturated rings. The monoisotopic (exact) mass is 403 g/mol. The number of hydrogen-bond donors (Lipinski definition) is 1. The largest absolute Gasteiger partial charge is 0.356 e. The lowest BCUT2D eigenvalue weighted by atomic mass is 9.73. The SMILES string of the molecule is CC1(C)CC2(Cc3c1[nH]c1c(Cl)c(Cl)cc(Br)c31)OCCO2. The van der Waals surface area contributed by atoms with E-state index < -0.39 is 5.79 Å². The summed E-state index contributed by atoms with van der Waals surface area (Å²) in [6.07, 6.45) is 1.55. The number of ether oxygens (including phenoxy) is 2. The Morgan fingerprint density at radius 1 is 1.23 bits per heavy atom. The molecule has 3 nitrogen and oxygen atoms in total. The van der Waals surface area contributed by atoms with Gasteiger partial charge in [0, 0.05) is 33.8 Å². The van der Waals surface area contributed by atoms with E-state index >= 15 is 0 Å². The Hall–Kier alpha value is -0.260. The van der Waals surface area contributed by atoms with Crippen molar-refractivity contribution in [3.63, 3.8) is 0 Å². The zero-order valence-corrected chi connectivity index (χ0v) is 15.5. The summed E-state index contributed by atoms with van der Waals surface area (Å²) in [5.74, 6) is -0.517. The molecule has 0 radical (unpaired) electrons. The van der Waals surface area contributed by atoms with Crippen LogP contribution in [-0.4, -0.2) is 24.0 Å². The van der Waals surface area contributed by atoms with Crippen molar-refractivity contribution in [1.29, 1.82) is 0 Å². The van der Waals surface area contributed by atoms with Crippen LogP contribution in [0.25, 0.3) is 10.9 Å². The Morgan fingerprint density at radius 2 is 1.91 bits per heavy atom. The molecule has 1 saturated heterocycles. The normalized spacial score (nSPS) is 22.4. The standard InChI is InChI=1S/C16H16BrCl2NO2/c1-15(2)7-16(21-3-4-22-16)6-8-11-9(17)5-10(18)12(19)13(11)20-14(8)15/h5,20H,3-4,6-7H2,1-2H3. The van der Waals surface area contributed by atoms with Crippen molar-refractivity contribution in [3.05, 3.63) is 31.8 Å². The number of halogens is 3. The summed E-state index contributed by atoms with van der Waals surface area (Å²) in [4.78, 5) is 3.51. The van der Waals surface area contributed by atoms with Crippen LogP contribution in [0.3, 0.4) is 0 Å². The van der Waals surface area contributed by atoms with Crippen molar-refractivity contribution in [2.75, 3.05) is 13.2 Å². The van der Waals surface area contributed by atoms with Crippen LogP contribution in [0.15, 0.2) is 10.5 Å². The Morgan fingerprint density at radius 3 is 2.59 bits per heavy atom.